The predicted molar refractivity (Wildman–Crippen MR) is 96.4 cm³/mol. The largest absolute Gasteiger partial charge is 0.391 e. The normalized spacial score (nSPS) is 21.3. The van der Waals surface area contributed by atoms with Crippen LogP contribution >= 0.6 is 11.8 Å². The number of fused-ring (bicyclic) bond motifs is 1. The van der Waals surface area contributed by atoms with Crippen LogP contribution in [0.4, 0.5) is 0 Å². The molecule has 3 rings (SSSR count). The number of aliphatic hydroxyl groups is 1. The number of hydrogen-bond donors (Lipinski definition) is 2. The quantitative estimate of drug-likeness (QED) is 0.788. The molecule has 5 nitrogen and oxygen atoms in total. The third-order valence-electron chi connectivity index (χ3n) is 4.30. The summed E-state index contributed by atoms with van der Waals surface area (Å²) in [7, 11) is 0. The smallest absolute Gasteiger partial charge is 0.109 e. The molecule has 2 aliphatic heterocycles. The standard InChI is InChI=1S/C18H23N3O2S/c19-11-17(18-16-4-2-1-3-14(16)5-6-20-18)24-13-15(22)12-21-7-9-23-10-8-21/h1-4,15,20,22H,5-10,12-13H2. The zero-order valence-electron chi connectivity index (χ0n) is 13.7. The summed E-state index contributed by atoms with van der Waals surface area (Å²) in [4.78, 5) is 2.87. The number of rotatable bonds is 5. The lowest BCUT2D eigenvalue weighted by atomic mass is 9.98. The van der Waals surface area contributed by atoms with Crippen LogP contribution in [0.3, 0.4) is 0 Å². The highest BCUT2D eigenvalue weighted by atomic mass is 32.2. The number of nitriles is 1. The van der Waals surface area contributed by atoms with E-state index < -0.39 is 6.10 Å². The molecule has 1 saturated heterocycles. The minimum atomic E-state index is -0.448. The van der Waals surface area contributed by atoms with Crippen molar-refractivity contribution in [2.45, 2.75) is 12.5 Å². The average molecular weight is 345 g/mol. The van der Waals surface area contributed by atoms with Crippen molar-refractivity contribution in [3.05, 3.63) is 40.3 Å². The van der Waals surface area contributed by atoms with E-state index in [9.17, 15) is 10.4 Å². The van der Waals surface area contributed by atoms with E-state index in [1.165, 1.54) is 17.3 Å². The molecule has 0 saturated carbocycles. The fourth-order valence-corrected chi connectivity index (χ4v) is 3.93. The molecule has 1 atom stereocenters. The fourth-order valence-electron chi connectivity index (χ4n) is 3.08. The van der Waals surface area contributed by atoms with Crippen LogP contribution in [0.5, 0.6) is 0 Å². The van der Waals surface area contributed by atoms with Crippen LogP contribution in [-0.2, 0) is 11.2 Å². The molecule has 2 heterocycles. The molecule has 1 fully saturated rings. The molecule has 24 heavy (non-hydrogen) atoms. The molecule has 1 aromatic carbocycles. The third kappa shape index (κ3) is 4.31. The SMILES string of the molecule is N#CC(SCC(O)CN1CCOCC1)=C1NCCc2ccccc21. The van der Waals surface area contributed by atoms with Crippen molar-refractivity contribution in [1.82, 2.24) is 10.2 Å². The maximum atomic E-state index is 10.3. The van der Waals surface area contributed by atoms with Gasteiger partial charge in [-0.1, -0.05) is 24.3 Å². The summed E-state index contributed by atoms with van der Waals surface area (Å²) < 4.78 is 5.32. The predicted octanol–water partition coefficient (Wildman–Crippen LogP) is 1.45. The lowest BCUT2D eigenvalue weighted by Gasteiger charge is -2.28. The number of nitrogens with zero attached hydrogens (tertiary/aromatic N) is 2. The number of benzene rings is 1. The first-order chi connectivity index (χ1) is 11.8. The highest BCUT2D eigenvalue weighted by Gasteiger charge is 2.19. The number of ether oxygens (including phenoxy) is 1. The van der Waals surface area contributed by atoms with Gasteiger partial charge in [-0.2, -0.15) is 5.26 Å². The van der Waals surface area contributed by atoms with Crippen LogP contribution in [0, 0.1) is 11.3 Å². The van der Waals surface area contributed by atoms with Crippen molar-refractivity contribution in [2.75, 3.05) is 45.1 Å². The number of hydrogen-bond acceptors (Lipinski definition) is 6. The van der Waals surface area contributed by atoms with Gasteiger partial charge in [-0.15, -0.1) is 11.8 Å². The van der Waals surface area contributed by atoms with Crippen LogP contribution in [-0.4, -0.2) is 61.3 Å². The molecule has 0 amide bonds. The number of β-amino-alcohol motifs (C(OH)–C–C–N with tert-alkyl or cyclic N) is 1. The second kappa shape index (κ2) is 8.54. The number of nitrogens with one attached hydrogen (secondary N) is 1. The molecule has 6 heteroatoms. The lowest BCUT2D eigenvalue weighted by Crippen LogP contribution is -2.41. The van der Waals surface area contributed by atoms with E-state index in [0.717, 1.165) is 50.5 Å². The molecule has 1 unspecified atom stereocenters. The van der Waals surface area contributed by atoms with E-state index in [4.69, 9.17) is 4.74 Å². The summed E-state index contributed by atoms with van der Waals surface area (Å²) in [6.07, 6.45) is 0.527. The summed E-state index contributed by atoms with van der Waals surface area (Å²) in [5.74, 6) is 0.521. The van der Waals surface area contributed by atoms with Crippen LogP contribution in [0.15, 0.2) is 29.2 Å². The minimum Gasteiger partial charge on any atom is -0.391 e. The lowest BCUT2D eigenvalue weighted by molar-refractivity contribution is 0.0188. The Morgan fingerprint density at radius 3 is 2.96 bits per heavy atom. The van der Waals surface area contributed by atoms with Crippen molar-refractivity contribution >= 4 is 17.5 Å². The highest BCUT2D eigenvalue weighted by Crippen LogP contribution is 2.29. The first-order valence-electron chi connectivity index (χ1n) is 8.35. The topological polar surface area (TPSA) is 68.5 Å². The van der Waals surface area contributed by atoms with Gasteiger partial charge in [-0.3, -0.25) is 4.90 Å². The first-order valence-corrected chi connectivity index (χ1v) is 9.34. The van der Waals surface area contributed by atoms with E-state index in [2.05, 4.69) is 28.4 Å². The molecule has 128 valence electrons. The van der Waals surface area contributed by atoms with Gasteiger partial charge in [-0.05, 0) is 12.0 Å². The number of thioether (sulfide) groups is 1. The van der Waals surface area contributed by atoms with Crippen molar-refractivity contribution in [1.29, 1.82) is 5.26 Å². The Morgan fingerprint density at radius 1 is 1.38 bits per heavy atom. The Kier molecular flexibility index (Phi) is 6.16. The van der Waals surface area contributed by atoms with Gasteiger partial charge < -0.3 is 15.2 Å². The second-order valence-corrected chi connectivity index (χ2v) is 7.06. The van der Waals surface area contributed by atoms with Gasteiger partial charge >= 0.3 is 0 Å². The Hall–Kier alpha value is -1.52. The maximum Gasteiger partial charge on any atom is 0.109 e. The van der Waals surface area contributed by atoms with Gasteiger partial charge in [-0.25, -0.2) is 0 Å². The Morgan fingerprint density at radius 2 is 2.17 bits per heavy atom. The summed E-state index contributed by atoms with van der Waals surface area (Å²) in [5.41, 5.74) is 3.28. The maximum absolute atomic E-state index is 10.3. The molecule has 0 bridgehead atoms. The molecular formula is C18H23N3O2S. The van der Waals surface area contributed by atoms with Crippen molar-refractivity contribution in [3.8, 4) is 6.07 Å². The minimum absolute atomic E-state index is 0.448. The van der Waals surface area contributed by atoms with Gasteiger partial charge in [0, 0.05) is 37.5 Å². The third-order valence-corrected chi connectivity index (χ3v) is 5.44. The van der Waals surface area contributed by atoms with Crippen molar-refractivity contribution in [2.24, 2.45) is 0 Å². The Labute approximate surface area is 147 Å². The highest BCUT2D eigenvalue weighted by molar-refractivity contribution is 8.03. The summed E-state index contributed by atoms with van der Waals surface area (Å²) in [6.45, 7) is 4.66. The van der Waals surface area contributed by atoms with Gasteiger partial charge in [0.1, 0.15) is 11.0 Å². The van der Waals surface area contributed by atoms with Gasteiger partial charge in [0.15, 0.2) is 0 Å². The van der Waals surface area contributed by atoms with Crippen LogP contribution in [0.2, 0.25) is 0 Å². The van der Waals surface area contributed by atoms with Gasteiger partial charge in [0.05, 0.1) is 25.0 Å². The van der Waals surface area contributed by atoms with E-state index in [0.29, 0.717) is 17.2 Å². The number of morpholine rings is 1. The molecule has 0 aliphatic carbocycles. The Bertz CT molecular complexity index is 635. The zero-order chi connectivity index (χ0) is 16.8. The number of aliphatic hydroxyl groups excluding tert-OH is 1. The molecule has 0 aromatic heterocycles. The van der Waals surface area contributed by atoms with E-state index in [-0.39, 0.29) is 0 Å². The molecule has 2 aliphatic rings. The fraction of sp³-hybridized carbons (Fsp3) is 0.500. The molecular weight excluding hydrogens is 322 g/mol. The zero-order valence-corrected chi connectivity index (χ0v) is 14.5. The summed E-state index contributed by atoms with van der Waals surface area (Å²) >= 11 is 1.44. The Balaban J connectivity index is 1.63. The number of allylic oxidation sites excluding steroid dienone is 1. The summed E-state index contributed by atoms with van der Waals surface area (Å²) in [5, 5.41) is 23.2. The van der Waals surface area contributed by atoms with Gasteiger partial charge in [0.2, 0.25) is 0 Å². The average Bonchev–Trinajstić information content (AvgIpc) is 2.63. The van der Waals surface area contributed by atoms with Crippen LogP contribution in [0.25, 0.3) is 5.70 Å². The van der Waals surface area contributed by atoms with Crippen molar-refractivity contribution < 1.29 is 9.84 Å². The van der Waals surface area contributed by atoms with Gasteiger partial charge in [0.25, 0.3) is 0 Å². The molecule has 2 N–H and O–H groups in total. The van der Waals surface area contributed by atoms with Crippen LogP contribution in [0.1, 0.15) is 11.1 Å². The second-order valence-electron chi connectivity index (χ2n) is 6.03. The summed E-state index contributed by atoms with van der Waals surface area (Å²) in [6, 6.07) is 10.5. The van der Waals surface area contributed by atoms with Crippen LogP contribution < -0.4 is 5.32 Å². The molecule has 0 radical (unpaired) electrons. The van der Waals surface area contributed by atoms with E-state index >= 15 is 0 Å². The molecule has 0 spiro atoms. The van der Waals surface area contributed by atoms with Crippen molar-refractivity contribution in [3.63, 3.8) is 0 Å². The van der Waals surface area contributed by atoms with E-state index in [1.54, 1.807) is 0 Å². The monoisotopic (exact) mass is 345 g/mol. The van der Waals surface area contributed by atoms with E-state index in [1.807, 2.05) is 12.1 Å². The molecule has 1 aromatic rings. The first kappa shape index (κ1) is 17.3.